The lowest BCUT2D eigenvalue weighted by molar-refractivity contribution is 0.419. The first-order valence-electron chi connectivity index (χ1n) is 7.60. The Morgan fingerprint density at radius 1 is 1.21 bits per heavy atom. The van der Waals surface area contributed by atoms with Crippen LogP contribution >= 0.6 is 0 Å². The van der Waals surface area contributed by atoms with Crippen LogP contribution in [0.4, 0.5) is 0 Å². The number of para-hydroxylation sites is 1. The van der Waals surface area contributed by atoms with Gasteiger partial charge >= 0.3 is 0 Å². The van der Waals surface area contributed by atoms with E-state index in [4.69, 9.17) is 0 Å². The fourth-order valence-corrected chi connectivity index (χ4v) is 2.63. The molecular weight excluding hydrogens is 232 g/mol. The minimum atomic E-state index is 0.824. The molecule has 0 aliphatic carbocycles. The average molecular weight is 258 g/mol. The highest BCUT2D eigenvalue weighted by atomic mass is 14.9. The molecule has 0 aliphatic heterocycles. The zero-order valence-electron chi connectivity index (χ0n) is 12.2. The van der Waals surface area contributed by atoms with Gasteiger partial charge in [0, 0.05) is 23.6 Å². The molecule has 0 radical (unpaired) electrons. The van der Waals surface area contributed by atoms with Gasteiger partial charge < -0.3 is 10.3 Å². The maximum atomic E-state index is 3.62. The van der Waals surface area contributed by atoms with Gasteiger partial charge in [-0.3, -0.25) is 0 Å². The van der Waals surface area contributed by atoms with Gasteiger partial charge in [-0.25, -0.2) is 0 Å². The molecule has 19 heavy (non-hydrogen) atoms. The fourth-order valence-electron chi connectivity index (χ4n) is 2.63. The lowest BCUT2D eigenvalue weighted by atomic mass is 9.99. The van der Waals surface area contributed by atoms with E-state index in [-0.39, 0.29) is 0 Å². The third-order valence-electron chi connectivity index (χ3n) is 3.97. The number of fused-ring (bicyclic) bond motifs is 1. The normalized spacial score (nSPS) is 12.9. The predicted molar refractivity (Wildman–Crippen MR) is 83.3 cm³/mol. The summed E-state index contributed by atoms with van der Waals surface area (Å²) in [6, 6.07) is 8.51. The molecule has 2 rings (SSSR count). The van der Waals surface area contributed by atoms with Gasteiger partial charge in [-0.2, -0.15) is 0 Å². The summed E-state index contributed by atoms with van der Waals surface area (Å²) < 4.78 is 0. The van der Waals surface area contributed by atoms with Crippen molar-refractivity contribution in [2.24, 2.45) is 5.92 Å². The number of benzene rings is 1. The maximum Gasteiger partial charge on any atom is 0.0457 e. The number of nitrogens with one attached hydrogen (secondary N) is 2. The summed E-state index contributed by atoms with van der Waals surface area (Å²) in [5.74, 6) is 0.824. The number of aromatic amines is 1. The number of hydrogen-bond donors (Lipinski definition) is 2. The second-order valence-electron chi connectivity index (χ2n) is 5.41. The summed E-state index contributed by atoms with van der Waals surface area (Å²) >= 11 is 0. The molecule has 2 nitrogen and oxygen atoms in total. The summed E-state index contributed by atoms with van der Waals surface area (Å²) in [6.45, 7) is 6.67. The van der Waals surface area contributed by atoms with Crippen molar-refractivity contribution in [2.45, 2.75) is 46.1 Å². The van der Waals surface area contributed by atoms with Crippen LogP contribution in [0.15, 0.2) is 30.5 Å². The van der Waals surface area contributed by atoms with Crippen LogP contribution in [0.2, 0.25) is 0 Å². The molecule has 0 aliphatic rings. The van der Waals surface area contributed by atoms with Crippen molar-refractivity contribution >= 4 is 10.9 Å². The minimum absolute atomic E-state index is 0.824. The summed E-state index contributed by atoms with van der Waals surface area (Å²) in [6.07, 6.45) is 7.42. The molecule has 1 heterocycles. The Balaban J connectivity index is 1.85. The highest BCUT2D eigenvalue weighted by Crippen LogP contribution is 2.17. The van der Waals surface area contributed by atoms with Gasteiger partial charge in [-0.15, -0.1) is 0 Å². The van der Waals surface area contributed by atoms with Crippen molar-refractivity contribution in [3.8, 4) is 0 Å². The molecule has 2 N–H and O–H groups in total. The van der Waals surface area contributed by atoms with Crippen molar-refractivity contribution in [2.75, 3.05) is 6.54 Å². The molecule has 1 aromatic carbocycles. The van der Waals surface area contributed by atoms with E-state index in [1.54, 1.807) is 0 Å². The van der Waals surface area contributed by atoms with Gasteiger partial charge in [-0.05, 0) is 30.5 Å². The van der Waals surface area contributed by atoms with E-state index in [1.165, 1.54) is 42.1 Å². The van der Waals surface area contributed by atoms with Crippen molar-refractivity contribution in [3.05, 3.63) is 36.0 Å². The predicted octanol–water partition coefficient (Wildman–Crippen LogP) is 4.47. The SMILES string of the molecule is CCCCC(CC)CNCc1c[nH]c2ccccc12. The van der Waals surface area contributed by atoms with Crippen LogP contribution < -0.4 is 5.32 Å². The topological polar surface area (TPSA) is 27.8 Å². The summed E-state index contributed by atoms with van der Waals surface area (Å²) in [4.78, 5) is 3.33. The molecule has 0 saturated carbocycles. The van der Waals surface area contributed by atoms with Crippen LogP contribution in [0.1, 0.15) is 45.1 Å². The van der Waals surface area contributed by atoms with Gasteiger partial charge in [0.15, 0.2) is 0 Å². The smallest absolute Gasteiger partial charge is 0.0457 e. The van der Waals surface area contributed by atoms with E-state index < -0.39 is 0 Å². The van der Waals surface area contributed by atoms with Crippen LogP contribution in [0.3, 0.4) is 0 Å². The van der Waals surface area contributed by atoms with Crippen LogP contribution in [-0.2, 0) is 6.54 Å². The summed E-state index contributed by atoms with van der Waals surface area (Å²) in [5.41, 5.74) is 2.61. The van der Waals surface area contributed by atoms with Crippen molar-refractivity contribution in [1.29, 1.82) is 0 Å². The number of aromatic nitrogens is 1. The molecule has 0 bridgehead atoms. The molecule has 0 spiro atoms. The van der Waals surface area contributed by atoms with Crippen molar-refractivity contribution in [3.63, 3.8) is 0 Å². The van der Waals surface area contributed by atoms with Crippen molar-refractivity contribution in [1.82, 2.24) is 10.3 Å². The zero-order chi connectivity index (χ0) is 13.5. The van der Waals surface area contributed by atoms with Crippen LogP contribution in [-0.4, -0.2) is 11.5 Å². The Labute approximate surface area is 116 Å². The van der Waals surface area contributed by atoms with Gasteiger partial charge in [0.2, 0.25) is 0 Å². The molecule has 104 valence electrons. The largest absolute Gasteiger partial charge is 0.361 e. The van der Waals surface area contributed by atoms with Gasteiger partial charge in [0.05, 0.1) is 0 Å². The highest BCUT2D eigenvalue weighted by Gasteiger charge is 2.06. The summed E-state index contributed by atoms with van der Waals surface area (Å²) in [5, 5.41) is 4.96. The van der Waals surface area contributed by atoms with E-state index in [9.17, 15) is 0 Å². The Morgan fingerprint density at radius 3 is 2.84 bits per heavy atom. The van der Waals surface area contributed by atoms with Gasteiger partial charge in [0.25, 0.3) is 0 Å². The summed E-state index contributed by atoms with van der Waals surface area (Å²) in [7, 11) is 0. The molecular formula is C17H26N2. The fraction of sp³-hybridized carbons (Fsp3) is 0.529. The minimum Gasteiger partial charge on any atom is -0.361 e. The van der Waals surface area contributed by atoms with Crippen LogP contribution in [0.25, 0.3) is 10.9 Å². The van der Waals surface area contributed by atoms with Crippen molar-refractivity contribution < 1.29 is 0 Å². The Morgan fingerprint density at radius 2 is 2.05 bits per heavy atom. The molecule has 2 heteroatoms. The molecule has 1 aromatic heterocycles. The molecule has 1 atom stereocenters. The van der Waals surface area contributed by atoms with Gasteiger partial charge in [-0.1, -0.05) is 51.3 Å². The van der Waals surface area contributed by atoms with Crippen LogP contribution in [0, 0.1) is 5.92 Å². The van der Waals surface area contributed by atoms with Crippen LogP contribution in [0.5, 0.6) is 0 Å². The third kappa shape index (κ3) is 3.84. The molecule has 0 fully saturated rings. The first kappa shape index (κ1) is 14.1. The number of H-pyrrole nitrogens is 1. The molecule has 0 saturated heterocycles. The molecule has 2 aromatic rings. The van der Waals surface area contributed by atoms with E-state index >= 15 is 0 Å². The quantitative estimate of drug-likeness (QED) is 0.718. The monoisotopic (exact) mass is 258 g/mol. The average Bonchev–Trinajstić information content (AvgIpc) is 2.86. The Hall–Kier alpha value is -1.28. The second kappa shape index (κ2) is 7.34. The number of hydrogen-bond acceptors (Lipinski definition) is 1. The lowest BCUT2D eigenvalue weighted by Crippen LogP contribution is -2.22. The van der Waals surface area contributed by atoms with E-state index in [1.807, 2.05) is 0 Å². The Kier molecular flexibility index (Phi) is 5.46. The molecule has 0 amide bonds. The second-order valence-corrected chi connectivity index (χ2v) is 5.41. The highest BCUT2D eigenvalue weighted by molar-refractivity contribution is 5.82. The Bertz CT molecular complexity index is 487. The van der Waals surface area contributed by atoms with E-state index in [2.05, 4.69) is 54.6 Å². The first-order valence-corrected chi connectivity index (χ1v) is 7.60. The number of unbranched alkanes of at least 4 members (excludes halogenated alkanes) is 1. The third-order valence-corrected chi connectivity index (χ3v) is 3.97. The zero-order valence-corrected chi connectivity index (χ0v) is 12.2. The number of rotatable bonds is 8. The maximum absolute atomic E-state index is 3.62. The van der Waals surface area contributed by atoms with E-state index in [0.717, 1.165) is 19.0 Å². The van der Waals surface area contributed by atoms with E-state index in [0.29, 0.717) is 0 Å². The van der Waals surface area contributed by atoms with Gasteiger partial charge in [0.1, 0.15) is 0 Å². The first-order chi connectivity index (χ1) is 9.35. The standard InChI is InChI=1S/C17H26N2/c1-3-5-8-14(4-2)11-18-12-15-13-19-17-10-7-6-9-16(15)17/h6-7,9-10,13-14,18-19H,3-5,8,11-12H2,1-2H3. The lowest BCUT2D eigenvalue weighted by Gasteiger charge is -2.15. The molecule has 1 unspecified atom stereocenters.